The zero-order valence-corrected chi connectivity index (χ0v) is 17.1. The molecule has 0 fully saturated rings. The molecule has 0 unspecified atom stereocenters. The van der Waals surface area contributed by atoms with Crippen molar-refractivity contribution < 1.29 is 18.7 Å². The molecule has 0 bridgehead atoms. The largest absolute Gasteiger partial charge is 0.508 e. The first-order valence-electron chi connectivity index (χ1n) is 10.1. The number of aromatic nitrogens is 2. The number of carbonyl (C=O) groups excluding carboxylic acids is 1. The highest BCUT2D eigenvalue weighted by molar-refractivity contribution is 5.83. The van der Waals surface area contributed by atoms with Crippen molar-refractivity contribution in [3.8, 4) is 28.1 Å². The number of aromatic hydroxyl groups is 1. The first-order chi connectivity index (χ1) is 15.5. The van der Waals surface area contributed by atoms with Gasteiger partial charge in [0.1, 0.15) is 17.4 Å². The van der Waals surface area contributed by atoms with Gasteiger partial charge in [-0.1, -0.05) is 36.4 Å². The molecule has 1 aromatic heterocycles. The van der Waals surface area contributed by atoms with Gasteiger partial charge in [-0.05, 0) is 47.5 Å². The second-order valence-electron chi connectivity index (χ2n) is 7.38. The lowest BCUT2D eigenvalue weighted by atomic mass is 9.97. The number of halogens is 2. The summed E-state index contributed by atoms with van der Waals surface area (Å²) in [6, 6.07) is 18.8. The molecule has 1 amide bonds. The molecule has 0 spiro atoms. The van der Waals surface area contributed by atoms with Crippen molar-refractivity contribution in [2.45, 2.75) is 19.4 Å². The highest BCUT2D eigenvalue weighted by Gasteiger charge is 2.18. The van der Waals surface area contributed by atoms with Crippen LogP contribution in [0.25, 0.3) is 22.4 Å². The number of nitrogens with one attached hydrogen (secondary N) is 2. The van der Waals surface area contributed by atoms with E-state index in [9.17, 15) is 18.7 Å². The van der Waals surface area contributed by atoms with Crippen LogP contribution in [0.4, 0.5) is 8.78 Å². The number of phenolic OH excluding ortho intramolecular Hbond substituents is 1. The van der Waals surface area contributed by atoms with E-state index in [1.165, 1.54) is 24.3 Å². The number of carbonyl (C=O) groups is 1. The molecule has 4 rings (SSSR count). The number of rotatable bonds is 7. The monoisotopic (exact) mass is 433 g/mol. The third-order valence-corrected chi connectivity index (χ3v) is 5.08. The summed E-state index contributed by atoms with van der Waals surface area (Å²) in [5.41, 5.74) is 4.11. The predicted octanol–water partition coefficient (Wildman–Crippen LogP) is 4.98. The van der Waals surface area contributed by atoms with Gasteiger partial charge in [0, 0.05) is 30.5 Å². The van der Waals surface area contributed by atoms with Crippen molar-refractivity contribution in [1.82, 2.24) is 15.5 Å². The Labute approximate surface area is 183 Å². The smallest absolute Gasteiger partial charge is 0.220 e. The van der Waals surface area contributed by atoms with Crippen molar-refractivity contribution in [3.05, 3.63) is 95.7 Å². The Morgan fingerprint density at radius 1 is 0.938 bits per heavy atom. The molecule has 7 heteroatoms. The van der Waals surface area contributed by atoms with Gasteiger partial charge in [0.05, 0.1) is 11.4 Å². The van der Waals surface area contributed by atoms with Gasteiger partial charge in [0.2, 0.25) is 5.91 Å². The Morgan fingerprint density at radius 2 is 1.66 bits per heavy atom. The van der Waals surface area contributed by atoms with Crippen LogP contribution in [0.5, 0.6) is 5.75 Å². The second kappa shape index (κ2) is 9.43. The molecule has 3 aromatic carbocycles. The summed E-state index contributed by atoms with van der Waals surface area (Å²) in [5.74, 6) is -0.784. The number of nitrogens with zero attached hydrogens (tertiary/aromatic N) is 1. The minimum atomic E-state index is -0.368. The molecule has 5 nitrogen and oxygen atoms in total. The Kier molecular flexibility index (Phi) is 6.26. The minimum Gasteiger partial charge on any atom is -0.508 e. The topological polar surface area (TPSA) is 78.0 Å². The Morgan fingerprint density at radius 3 is 2.38 bits per heavy atom. The molecular weight excluding hydrogens is 412 g/mol. The molecule has 32 heavy (non-hydrogen) atoms. The normalized spacial score (nSPS) is 10.8. The molecule has 1 heterocycles. The van der Waals surface area contributed by atoms with Crippen molar-refractivity contribution in [3.63, 3.8) is 0 Å². The van der Waals surface area contributed by atoms with Crippen molar-refractivity contribution in [1.29, 1.82) is 0 Å². The number of aromatic amines is 1. The molecular formula is C25H21F2N3O2. The van der Waals surface area contributed by atoms with E-state index in [4.69, 9.17) is 0 Å². The van der Waals surface area contributed by atoms with Gasteiger partial charge < -0.3 is 10.4 Å². The average Bonchev–Trinajstić information content (AvgIpc) is 3.21. The Hall–Kier alpha value is -4.00. The van der Waals surface area contributed by atoms with Gasteiger partial charge in [-0.2, -0.15) is 5.10 Å². The van der Waals surface area contributed by atoms with Crippen LogP contribution in [0.3, 0.4) is 0 Å². The average molecular weight is 433 g/mol. The summed E-state index contributed by atoms with van der Waals surface area (Å²) in [5, 5.41) is 19.8. The second-order valence-corrected chi connectivity index (χ2v) is 7.38. The molecule has 4 aromatic rings. The van der Waals surface area contributed by atoms with Crippen LogP contribution in [0.1, 0.15) is 17.7 Å². The third kappa shape index (κ3) is 5.00. The summed E-state index contributed by atoms with van der Waals surface area (Å²) >= 11 is 0. The van der Waals surface area contributed by atoms with Gasteiger partial charge in [-0.3, -0.25) is 9.89 Å². The zero-order chi connectivity index (χ0) is 22.5. The highest BCUT2D eigenvalue weighted by atomic mass is 19.1. The lowest BCUT2D eigenvalue weighted by Crippen LogP contribution is -2.23. The van der Waals surface area contributed by atoms with Crippen molar-refractivity contribution >= 4 is 5.91 Å². The number of hydrogen-bond acceptors (Lipinski definition) is 3. The van der Waals surface area contributed by atoms with E-state index in [-0.39, 0.29) is 36.3 Å². The van der Waals surface area contributed by atoms with Crippen LogP contribution < -0.4 is 5.32 Å². The van der Waals surface area contributed by atoms with E-state index in [0.717, 1.165) is 11.1 Å². The van der Waals surface area contributed by atoms with Crippen molar-refractivity contribution in [2.75, 3.05) is 0 Å². The quantitative estimate of drug-likeness (QED) is 0.385. The SMILES string of the molecule is O=C(CCc1n[nH]c(-c2cccc(F)c2)c1-c1ccc(O)cc1)NCc1cccc(F)c1. The maximum absolute atomic E-state index is 13.8. The fourth-order valence-corrected chi connectivity index (χ4v) is 3.52. The number of phenols is 1. The van der Waals surface area contributed by atoms with Crippen LogP contribution in [0.2, 0.25) is 0 Å². The fraction of sp³-hybridized carbons (Fsp3) is 0.120. The van der Waals surface area contributed by atoms with Gasteiger partial charge in [-0.25, -0.2) is 8.78 Å². The molecule has 0 radical (unpaired) electrons. The van der Waals surface area contributed by atoms with Gasteiger partial charge in [0.25, 0.3) is 0 Å². The number of H-pyrrole nitrogens is 1. The van der Waals surface area contributed by atoms with E-state index < -0.39 is 0 Å². The summed E-state index contributed by atoms with van der Waals surface area (Å²) in [7, 11) is 0. The summed E-state index contributed by atoms with van der Waals surface area (Å²) in [4.78, 5) is 12.4. The van der Waals surface area contributed by atoms with Gasteiger partial charge in [0.15, 0.2) is 0 Å². The summed E-state index contributed by atoms with van der Waals surface area (Å²) in [6.07, 6.45) is 0.519. The lowest BCUT2D eigenvalue weighted by molar-refractivity contribution is -0.121. The fourth-order valence-electron chi connectivity index (χ4n) is 3.52. The number of benzene rings is 3. The standard InChI is InChI=1S/C25H21F2N3O2/c26-19-5-1-3-16(13-19)15-28-23(32)12-11-22-24(17-7-9-21(31)10-8-17)25(30-29-22)18-4-2-6-20(27)14-18/h1-10,13-14,31H,11-12,15H2,(H,28,32)(H,29,30). The van der Waals surface area contributed by atoms with Crippen LogP contribution in [-0.4, -0.2) is 21.2 Å². The zero-order valence-electron chi connectivity index (χ0n) is 17.1. The van der Waals surface area contributed by atoms with Crippen LogP contribution >= 0.6 is 0 Å². The Balaban J connectivity index is 1.54. The van der Waals surface area contributed by atoms with Crippen LogP contribution in [-0.2, 0) is 17.8 Å². The van der Waals surface area contributed by atoms with E-state index in [0.29, 0.717) is 28.9 Å². The molecule has 3 N–H and O–H groups in total. The lowest BCUT2D eigenvalue weighted by Gasteiger charge is -2.08. The maximum Gasteiger partial charge on any atom is 0.220 e. The molecule has 0 atom stereocenters. The van der Waals surface area contributed by atoms with E-state index in [2.05, 4.69) is 15.5 Å². The van der Waals surface area contributed by atoms with Crippen LogP contribution in [0, 0.1) is 11.6 Å². The number of hydrogen-bond donors (Lipinski definition) is 3. The minimum absolute atomic E-state index is 0.128. The van der Waals surface area contributed by atoms with E-state index >= 15 is 0 Å². The van der Waals surface area contributed by atoms with Gasteiger partial charge in [-0.15, -0.1) is 0 Å². The van der Waals surface area contributed by atoms with Gasteiger partial charge >= 0.3 is 0 Å². The van der Waals surface area contributed by atoms with Crippen LogP contribution in [0.15, 0.2) is 72.8 Å². The summed E-state index contributed by atoms with van der Waals surface area (Å²) in [6.45, 7) is 0.233. The van der Waals surface area contributed by atoms with E-state index in [1.54, 1.807) is 48.5 Å². The number of amides is 1. The number of aryl methyl sites for hydroxylation is 1. The van der Waals surface area contributed by atoms with E-state index in [1.807, 2.05) is 0 Å². The summed E-state index contributed by atoms with van der Waals surface area (Å²) < 4.78 is 27.1. The molecule has 0 aliphatic heterocycles. The molecule has 0 saturated carbocycles. The maximum atomic E-state index is 13.8. The molecule has 0 aliphatic rings. The Bertz CT molecular complexity index is 1240. The third-order valence-electron chi connectivity index (χ3n) is 5.08. The van der Waals surface area contributed by atoms with Crippen molar-refractivity contribution in [2.24, 2.45) is 0 Å². The predicted molar refractivity (Wildman–Crippen MR) is 118 cm³/mol. The first-order valence-corrected chi connectivity index (χ1v) is 10.1. The first kappa shape index (κ1) is 21.2. The molecule has 162 valence electrons. The molecule has 0 aliphatic carbocycles. The highest BCUT2D eigenvalue weighted by Crippen LogP contribution is 2.34. The molecule has 0 saturated heterocycles.